The standard InChI is InChI=1S/C22H21N3/c1-23-18-6-7-22-20(11-18)21(12-24-22)19-10-17(19)14-25-9-8-15-4-2-3-5-16(15)13-25/h2-7,11-12,17,19,24H,8-10,13-14H2. The lowest BCUT2D eigenvalue weighted by atomic mass is 9.99. The van der Waals surface area contributed by atoms with Gasteiger partial charge < -0.3 is 4.98 Å². The second-order valence-corrected chi connectivity index (χ2v) is 7.44. The molecule has 1 aliphatic heterocycles. The molecule has 0 spiro atoms. The molecule has 1 saturated carbocycles. The third kappa shape index (κ3) is 2.63. The number of hydrogen-bond acceptors (Lipinski definition) is 1. The number of benzene rings is 2. The highest BCUT2D eigenvalue weighted by Crippen LogP contribution is 2.50. The minimum atomic E-state index is 0.645. The lowest BCUT2D eigenvalue weighted by molar-refractivity contribution is 0.242. The highest BCUT2D eigenvalue weighted by Gasteiger charge is 2.40. The fourth-order valence-corrected chi connectivity index (χ4v) is 4.38. The first-order valence-electron chi connectivity index (χ1n) is 9.09. The highest BCUT2D eigenvalue weighted by molar-refractivity contribution is 5.87. The predicted octanol–water partition coefficient (Wildman–Crippen LogP) is 4.88. The average molecular weight is 327 g/mol. The van der Waals surface area contributed by atoms with Gasteiger partial charge in [-0.05, 0) is 58.9 Å². The van der Waals surface area contributed by atoms with E-state index in [4.69, 9.17) is 6.57 Å². The molecule has 1 N–H and O–H groups in total. The topological polar surface area (TPSA) is 23.4 Å². The molecule has 3 aromatic rings. The summed E-state index contributed by atoms with van der Waals surface area (Å²) in [6.45, 7) is 10.7. The van der Waals surface area contributed by atoms with E-state index in [9.17, 15) is 0 Å². The van der Waals surface area contributed by atoms with Gasteiger partial charge >= 0.3 is 0 Å². The second-order valence-electron chi connectivity index (χ2n) is 7.44. The van der Waals surface area contributed by atoms with Gasteiger partial charge in [-0.15, -0.1) is 0 Å². The Kier molecular flexibility index (Phi) is 3.39. The first-order chi connectivity index (χ1) is 12.3. The number of nitrogens with zero attached hydrogens (tertiary/aromatic N) is 2. The van der Waals surface area contributed by atoms with Crippen LogP contribution >= 0.6 is 0 Å². The molecule has 1 aliphatic carbocycles. The molecule has 0 bridgehead atoms. The molecule has 3 nitrogen and oxygen atoms in total. The third-order valence-electron chi connectivity index (χ3n) is 5.85. The molecule has 0 radical (unpaired) electrons. The maximum atomic E-state index is 7.24. The molecule has 1 aromatic heterocycles. The van der Waals surface area contributed by atoms with Gasteiger partial charge in [0.15, 0.2) is 5.69 Å². The van der Waals surface area contributed by atoms with E-state index in [0.717, 1.165) is 23.7 Å². The zero-order valence-corrected chi connectivity index (χ0v) is 14.2. The van der Waals surface area contributed by atoms with Gasteiger partial charge in [-0.3, -0.25) is 4.90 Å². The van der Waals surface area contributed by atoms with Gasteiger partial charge in [-0.1, -0.05) is 30.3 Å². The van der Waals surface area contributed by atoms with E-state index in [1.165, 1.54) is 48.0 Å². The average Bonchev–Trinajstić information content (AvgIpc) is 3.28. The van der Waals surface area contributed by atoms with Crippen LogP contribution < -0.4 is 0 Å². The van der Waals surface area contributed by atoms with Crippen LogP contribution in [0.25, 0.3) is 15.7 Å². The smallest absolute Gasteiger partial charge is 0.187 e. The summed E-state index contributed by atoms with van der Waals surface area (Å²) in [7, 11) is 0. The molecule has 0 amide bonds. The molecule has 0 saturated heterocycles. The van der Waals surface area contributed by atoms with E-state index in [2.05, 4.69) is 45.2 Å². The van der Waals surface area contributed by atoms with Gasteiger partial charge in [0.1, 0.15) is 0 Å². The first-order valence-corrected chi connectivity index (χ1v) is 9.09. The second kappa shape index (κ2) is 5.75. The molecular weight excluding hydrogens is 306 g/mol. The number of fused-ring (bicyclic) bond motifs is 2. The van der Waals surface area contributed by atoms with Gasteiger partial charge in [-0.2, -0.15) is 0 Å². The van der Waals surface area contributed by atoms with Crippen molar-refractivity contribution in [2.75, 3.05) is 13.1 Å². The summed E-state index contributed by atoms with van der Waals surface area (Å²) < 4.78 is 0. The molecule has 2 unspecified atom stereocenters. The normalized spacial score (nSPS) is 22.5. The maximum Gasteiger partial charge on any atom is 0.187 e. The van der Waals surface area contributed by atoms with Crippen molar-refractivity contribution in [1.29, 1.82) is 0 Å². The fraction of sp³-hybridized carbons (Fsp3) is 0.318. The summed E-state index contributed by atoms with van der Waals surface area (Å²) in [6, 6.07) is 14.8. The summed E-state index contributed by atoms with van der Waals surface area (Å²) in [4.78, 5) is 9.58. The number of aromatic nitrogens is 1. The van der Waals surface area contributed by atoms with E-state index < -0.39 is 0 Å². The van der Waals surface area contributed by atoms with Crippen LogP contribution in [0.4, 0.5) is 5.69 Å². The van der Waals surface area contributed by atoms with Crippen molar-refractivity contribution < 1.29 is 0 Å². The van der Waals surface area contributed by atoms with Crippen LogP contribution in [0.5, 0.6) is 0 Å². The SMILES string of the molecule is [C-]#[N+]c1ccc2[nH]cc(C3CC3CN3CCc4ccccc4C3)c2c1. The van der Waals surface area contributed by atoms with E-state index in [1.807, 2.05) is 18.2 Å². The van der Waals surface area contributed by atoms with Gasteiger partial charge in [0, 0.05) is 31.3 Å². The Morgan fingerprint density at radius 1 is 1.16 bits per heavy atom. The molecule has 1 fully saturated rings. The summed E-state index contributed by atoms with van der Waals surface area (Å²) in [5, 5.41) is 1.24. The summed E-state index contributed by atoms with van der Waals surface area (Å²) in [5.74, 6) is 1.40. The van der Waals surface area contributed by atoms with Gasteiger partial charge in [-0.25, -0.2) is 4.85 Å². The number of aromatic amines is 1. The number of hydrogen-bond donors (Lipinski definition) is 1. The van der Waals surface area contributed by atoms with Crippen molar-refractivity contribution in [2.45, 2.75) is 25.3 Å². The monoisotopic (exact) mass is 327 g/mol. The highest BCUT2D eigenvalue weighted by atomic mass is 15.1. The Morgan fingerprint density at radius 3 is 2.92 bits per heavy atom. The van der Waals surface area contributed by atoms with Crippen molar-refractivity contribution in [3.8, 4) is 0 Å². The van der Waals surface area contributed by atoms with Crippen molar-refractivity contribution in [3.05, 3.63) is 76.8 Å². The molecule has 2 aliphatic rings. The molecule has 25 heavy (non-hydrogen) atoms. The Labute approximate surface area is 148 Å². The quantitative estimate of drug-likeness (QED) is 0.681. The minimum Gasteiger partial charge on any atom is -0.361 e. The van der Waals surface area contributed by atoms with E-state index in [-0.39, 0.29) is 0 Å². The van der Waals surface area contributed by atoms with Gasteiger partial charge in [0.25, 0.3) is 0 Å². The molecule has 2 atom stereocenters. The number of rotatable bonds is 3. The van der Waals surface area contributed by atoms with Crippen molar-refractivity contribution in [3.63, 3.8) is 0 Å². The molecule has 5 rings (SSSR count). The van der Waals surface area contributed by atoms with Gasteiger partial charge in [0.2, 0.25) is 0 Å². The van der Waals surface area contributed by atoms with E-state index in [1.54, 1.807) is 0 Å². The molecule has 3 heteroatoms. The fourth-order valence-electron chi connectivity index (χ4n) is 4.38. The van der Waals surface area contributed by atoms with Crippen LogP contribution in [0.15, 0.2) is 48.7 Å². The van der Waals surface area contributed by atoms with Crippen LogP contribution in [0, 0.1) is 12.5 Å². The van der Waals surface area contributed by atoms with Crippen molar-refractivity contribution in [2.24, 2.45) is 5.92 Å². The summed E-state index contributed by atoms with van der Waals surface area (Å²) in [6.07, 6.45) is 4.61. The lowest BCUT2D eigenvalue weighted by Gasteiger charge is -2.28. The van der Waals surface area contributed by atoms with Crippen molar-refractivity contribution in [1.82, 2.24) is 9.88 Å². The molecule has 2 heterocycles. The van der Waals surface area contributed by atoms with Crippen molar-refractivity contribution >= 4 is 16.6 Å². The zero-order valence-electron chi connectivity index (χ0n) is 14.2. The predicted molar refractivity (Wildman–Crippen MR) is 101 cm³/mol. The van der Waals surface area contributed by atoms with Crippen LogP contribution in [-0.2, 0) is 13.0 Å². The Balaban J connectivity index is 1.31. The Hall–Kier alpha value is -2.57. The number of nitrogens with one attached hydrogen (secondary N) is 1. The first kappa shape index (κ1) is 14.7. The Morgan fingerprint density at radius 2 is 2.04 bits per heavy atom. The van der Waals surface area contributed by atoms with Crippen LogP contribution in [-0.4, -0.2) is 23.0 Å². The van der Waals surface area contributed by atoms with Crippen LogP contribution in [0.3, 0.4) is 0 Å². The van der Waals surface area contributed by atoms with Crippen LogP contribution in [0.1, 0.15) is 29.0 Å². The minimum absolute atomic E-state index is 0.645. The van der Waals surface area contributed by atoms with Gasteiger partial charge in [0.05, 0.1) is 6.57 Å². The summed E-state index contributed by atoms with van der Waals surface area (Å²) in [5.41, 5.74) is 6.31. The molecule has 2 aromatic carbocycles. The maximum absolute atomic E-state index is 7.24. The zero-order chi connectivity index (χ0) is 16.8. The lowest BCUT2D eigenvalue weighted by Crippen LogP contribution is -2.32. The molecule has 124 valence electrons. The third-order valence-corrected chi connectivity index (χ3v) is 5.85. The van der Waals surface area contributed by atoms with Crippen LogP contribution in [0.2, 0.25) is 0 Å². The Bertz CT molecular complexity index is 978. The molecular formula is C22H21N3. The number of H-pyrrole nitrogens is 1. The summed E-state index contributed by atoms with van der Waals surface area (Å²) >= 11 is 0. The largest absolute Gasteiger partial charge is 0.361 e. The van der Waals surface area contributed by atoms with E-state index in [0.29, 0.717) is 5.92 Å². The van der Waals surface area contributed by atoms with E-state index >= 15 is 0 Å².